The van der Waals surface area contributed by atoms with Crippen molar-refractivity contribution in [3.63, 3.8) is 0 Å². The van der Waals surface area contributed by atoms with E-state index >= 15 is 0 Å². The molecular weight excluding hydrogens is 314 g/mol. The highest BCUT2D eigenvalue weighted by atomic mass is 35.5. The smallest absolute Gasteiger partial charge is 0.254 e. The second-order valence-corrected chi connectivity index (χ2v) is 6.86. The molecule has 0 bridgehead atoms. The van der Waals surface area contributed by atoms with Crippen LogP contribution in [0.25, 0.3) is 0 Å². The van der Waals surface area contributed by atoms with Gasteiger partial charge in [-0.2, -0.15) is 0 Å². The quantitative estimate of drug-likeness (QED) is 0.844. The summed E-state index contributed by atoms with van der Waals surface area (Å²) in [6.07, 6.45) is 4.31. The summed E-state index contributed by atoms with van der Waals surface area (Å²) in [5, 5.41) is 0.719. The van der Waals surface area contributed by atoms with Gasteiger partial charge >= 0.3 is 0 Å². The minimum atomic E-state index is -0.482. The highest BCUT2D eigenvalue weighted by Gasteiger charge is 2.35. The second kappa shape index (κ2) is 7.65. The van der Waals surface area contributed by atoms with Crippen LogP contribution in [0.5, 0.6) is 0 Å². The maximum atomic E-state index is 12.8. The number of carbonyl (C=O) groups excluding carboxylic acids is 1. The van der Waals surface area contributed by atoms with Crippen LogP contribution in [0.3, 0.4) is 0 Å². The van der Waals surface area contributed by atoms with Gasteiger partial charge in [0.25, 0.3) is 5.91 Å². The molecule has 23 heavy (non-hydrogen) atoms. The standard InChI is InChI=1S/C18H24ClNO3/c1-20(18(21)16-12-22-10-11-23-16)17(13-4-2-3-5-13)14-6-8-15(19)9-7-14/h6-9,13,16-17H,2-5,10-12H2,1H3/t16-,17+/m0/s1. The largest absolute Gasteiger partial charge is 0.376 e. The molecule has 3 rings (SSSR count). The van der Waals surface area contributed by atoms with Crippen molar-refractivity contribution in [3.05, 3.63) is 34.9 Å². The molecule has 126 valence electrons. The SMILES string of the molecule is CN(C(=O)[C@@H]1COCCO1)[C@@H](c1ccc(Cl)cc1)C1CCCC1. The molecule has 0 N–H and O–H groups in total. The summed E-state index contributed by atoms with van der Waals surface area (Å²) in [7, 11) is 1.89. The van der Waals surface area contributed by atoms with Gasteiger partial charge in [-0.25, -0.2) is 0 Å². The van der Waals surface area contributed by atoms with Gasteiger partial charge in [0.15, 0.2) is 6.10 Å². The minimum absolute atomic E-state index is 0.0107. The predicted octanol–water partition coefficient (Wildman–Crippen LogP) is 3.45. The Morgan fingerprint density at radius 1 is 1.22 bits per heavy atom. The summed E-state index contributed by atoms with van der Waals surface area (Å²) >= 11 is 6.02. The van der Waals surface area contributed by atoms with Crippen LogP contribution in [0.15, 0.2) is 24.3 Å². The molecule has 1 aliphatic carbocycles. The number of rotatable bonds is 4. The van der Waals surface area contributed by atoms with E-state index in [1.54, 1.807) is 0 Å². The monoisotopic (exact) mass is 337 g/mol. The summed E-state index contributed by atoms with van der Waals surface area (Å²) in [5.74, 6) is 0.506. The Morgan fingerprint density at radius 3 is 2.52 bits per heavy atom. The zero-order chi connectivity index (χ0) is 16.2. The molecule has 1 saturated carbocycles. The summed E-state index contributed by atoms with van der Waals surface area (Å²) in [5.41, 5.74) is 1.15. The molecule has 0 unspecified atom stereocenters. The molecule has 2 atom stereocenters. The van der Waals surface area contributed by atoms with Crippen molar-refractivity contribution in [1.29, 1.82) is 0 Å². The fourth-order valence-corrected chi connectivity index (χ4v) is 3.87. The van der Waals surface area contributed by atoms with Crippen LogP contribution < -0.4 is 0 Å². The van der Waals surface area contributed by atoms with Gasteiger partial charge in [-0.3, -0.25) is 4.79 Å². The van der Waals surface area contributed by atoms with Gasteiger partial charge in [0.1, 0.15) is 0 Å². The zero-order valence-corrected chi connectivity index (χ0v) is 14.3. The summed E-state index contributed by atoms with van der Waals surface area (Å²) in [4.78, 5) is 14.7. The zero-order valence-electron chi connectivity index (χ0n) is 13.5. The molecule has 0 spiro atoms. The molecular formula is C18H24ClNO3. The van der Waals surface area contributed by atoms with E-state index in [1.165, 1.54) is 12.8 Å². The van der Waals surface area contributed by atoms with E-state index in [9.17, 15) is 4.79 Å². The van der Waals surface area contributed by atoms with Crippen LogP contribution in [-0.4, -0.2) is 43.8 Å². The van der Waals surface area contributed by atoms with Crippen molar-refractivity contribution < 1.29 is 14.3 Å². The molecule has 1 aliphatic heterocycles. The number of nitrogens with zero attached hydrogens (tertiary/aromatic N) is 1. The van der Waals surface area contributed by atoms with Gasteiger partial charge in [-0.05, 0) is 36.5 Å². The van der Waals surface area contributed by atoms with Gasteiger partial charge in [0.05, 0.1) is 25.9 Å². The maximum absolute atomic E-state index is 12.8. The van der Waals surface area contributed by atoms with Crippen molar-refractivity contribution >= 4 is 17.5 Å². The van der Waals surface area contributed by atoms with Crippen LogP contribution in [0, 0.1) is 5.92 Å². The first kappa shape index (κ1) is 16.7. The number of hydrogen-bond donors (Lipinski definition) is 0. The number of hydrogen-bond acceptors (Lipinski definition) is 3. The van der Waals surface area contributed by atoms with Crippen molar-refractivity contribution in [1.82, 2.24) is 4.90 Å². The maximum Gasteiger partial charge on any atom is 0.254 e. The normalized spacial score (nSPS) is 23.7. The highest BCUT2D eigenvalue weighted by Crippen LogP contribution is 2.39. The van der Waals surface area contributed by atoms with Gasteiger partial charge in [0.2, 0.25) is 0 Å². The number of amides is 1. The molecule has 2 fully saturated rings. The average molecular weight is 338 g/mol. The molecule has 4 nitrogen and oxygen atoms in total. The first-order chi connectivity index (χ1) is 11.2. The first-order valence-corrected chi connectivity index (χ1v) is 8.76. The first-order valence-electron chi connectivity index (χ1n) is 8.38. The van der Waals surface area contributed by atoms with Crippen molar-refractivity contribution in [2.24, 2.45) is 5.92 Å². The topological polar surface area (TPSA) is 38.8 Å². The molecule has 0 aromatic heterocycles. The molecule has 1 aromatic carbocycles. The lowest BCUT2D eigenvalue weighted by atomic mass is 9.90. The van der Waals surface area contributed by atoms with Gasteiger partial charge in [-0.1, -0.05) is 36.6 Å². The Labute approximate surface area is 142 Å². The lowest BCUT2D eigenvalue weighted by molar-refractivity contribution is -0.159. The lowest BCUT2D eigenvalue weighted by Crippen LogP contribution is -2.46. The van der Waals surface area contributed by atoms with E-state index in [4.69, 9.17) is 21.1 Å². The van der Waals surface area contributed by atoms with Crippen LogP contribution in [0.4, 0.5) is 0 Å². The molecule has 1 amide bonds. The fourth-order valence-electron chi connectivity index (χ4n) is 3.74. The summed E-state index contributed by atoms with van der Waals surface area (Å²) < 4.78 is 11.0. The summed E-state index contributed by atoms with van der Waals surface area (Å²) in [6.45, 7) is 1.40. The molecule has 2 aliphatic rings. The van der Waals surface area contributed by atoms with E-state index in [0.717, 1.165) is 23.4 Å². The molecule has 0 radical (unpaired) electrons. The third-order valence-electron chi connectivity index (χ3n) is 4.91. The molecule has 1 aromatic rings. The van der Waals surface area contributed by atoms with Crippen LogP contribution >= 0.6 is 11.6 Å². The van der Waals surface area contributed by atoms with E-state index in [1.807, 2.05) is 36.2 Å². The van der Waals surface area contributed by atoms with E-state index in [2.05, 4.69) is 0 Å². The molecule has 1 heterocycles. The Bertz CT molecular complexity index is 522. The van der Waals surface area contributed by atoms with Crippen LogP contribution in [0.2, 0.25) is 5.02 Å². The van der Waals surface area contributed by atoms with E-state index < -0.39 is 6.10 Å². The number of ether oxygens (including phenoxy) is 2. The van der Waals surface area contributed by atoms with Gasteiger partial charge in [0, 0.05) is 12.1 Å². The number of carbonyl (C=O) groups is 1. The van der Waals surface area contributed by atoms with Crippen molar-refractivity contribution in [3.8, 4) is 0 Å². The average Bonchev–Trinajstić information content (AvgIpc) is 3.11. The minimum Gasteiger partial charge on any atom is -0.376 e. The third kappa shape index (κ3) is 3.87. The van der Waals surface area contributed by atoms with Gasteiger partial charge in [-0.15, -0.1) is 0 Å². The molecule has 5 heteroatoms. The van der Waals surface area contributed by atoms with Crippen molar-refractivity contribution in [2.45, 2.75) is 37.8 Å². The van der Waals surface area contributed by atoms with Crippen LogP contribution in [0.1, 0.15) is 37.3 Å². The Balaban J connectivity index is 1.81. The van der Waals surface area contributed by atoms with Crippen molar-refractivity contribution in [2.75, 3.05) is 26.9 Å². The van der Waals surface area contributed by atoms with E-state index in [0.29, 0.717) is 25.7 Å². The number of halogens is 1. The molecule has 1 saturated heterocycles. The Morgan fingerprint density at radius 2 is 1.91 bits per heavy atom. The fraction of sp³-hybridized carbons (Fsp3) is 0.611. The van der Waals surface area contributed by atoms with Crippen LogP contribution in [-0.2, 0) is 14.3 Å². The number of likely N-dealkylation sites (N-methyl/N-ethyl adjacent to an activating group) is 1. The third-order valence-corrected chi connectivity index (χ3v) is 5.17. The second-order valence-electron chi connectivity index (χ2n) is 6.42. The summed E-state index contributed by atoms with van der Waals surface area (Å²) in [6, 6.07) is 7.95. The highest BCUT2D eigenvalue weighted by molar-refractivity contribution is 6.30. The predicted molar refractivity (Wildman–Crippen MR) is 89.5 cm³/mol. The Hall–Kier alpha value is -1.10. The van der Waals surface area contributed by atoms with Gasteiger partial charge < -0.3 is 14.4 Å². The lowest BCUT2D eigenvalue weighted by Gasteiger charge is -2.36. The number of benzene rings is 1. The Kier molecular flexibility index (Phi) is 5.57. The van der Waals surface area contributed by atoms with E-state index in [-0.39, 0.29) is 11.9 Å².